The zero-order valence-corrected chi connectivity index (χ0v) is 10.8. The van der Waals surface area contributed by atoms with Crippen LogP contribution in [-0.2, 0) is 19.1 Å². The SMILES string of the molecule is CC(=O)O[C@H]1NC(=O)[C@@H]1NC(=O)COc1ccccc1. The van der Waals surface area contributed by atoms with Crippen molar-refractivity contribution in [1.82, 2.24) is 10.6 Å². The highest BCUT2D eigenvalue weighted by Gasteiger charge is 2.42. The number of ether oxygens (including phenoxy) is 2. The Balaban J connectivity index is 1.79. The first kappa shape index (κ1) is 13.9. The van der Waals surface area contributed by atoms with E-state index in [0.29, 0.717) is 5.75 Å². The van der Waals surface area contributed by atoms with E-state index in [9.17, 15) is 14.4 Å². The molecule has 1 aromatic carbocycles. The van der Waals surface area contributed by atoms with Crippen LogP contribution >= 0.6 is 0 Å². The van der Waals surface area contributed by atoms with Gasteiger partial charge in [-0.05, 0) is 12.1 Å². The highest BCUT2D eigenvalue weighted by Crippen LogP contribution is 2.10. The fraction of sp³-hybridized carbons (Fsp3) is 0.308. The summed E-state index contributed by atoms with van der Waals surface area (Å²) < 4.78 is 10.0. The van der Waals surface area contributed by atoms with E-state index in [1.54, 1.807) is 24.3 Å². The molecule has 20 heavy (non-hydrogen) atoms. The summed E-state index contributed by atoms with van der Waals surface area (Å²) in [5, 5.41) is 4.80. The Labute approximate surface area is 115 Å². The normalized spacial score (nSPS) is 20.4. The van der Waals surface area contributed by atoms with Crippen LogP contribution < -0.4 is 15.4 Å². The molecule has 0 aromatic heterocycles. The molecule has 7 nitrogen and oxygen atoms in total. The van der Waals surface area contributed by atoms with Crippen LogP contribution in [0.1, 0.15) is 6.92 Å². The second kappa shape index (κ2) is 6.05. The Morgan fingerprint density at radius 2 is 2.00 bits per heavy atom. The first-order chi connectivity index (χ1) is 9.56. The number of para-hydroxylation sites is 1. The minimum Gasteiger partial charge on any atom is -0.484 e. The fourth-order valence-electron chi connectivity index (χ4n) is 1.65. The standard InChI is InChI=1S/C13H14N2O5/c1-8(16)20-13-11(12(18)15-13)14-10(17)7-19-9-5-3-2-4-6-9/h2-6,11,13H,7H2,1H3,(H,14,17)(H,15,18)/t11-,13+/m0/s1. The van der Waals surface area contributed by atoms with Crippen LogP contribution in [0.25, 0.3) is 0 Å². The number of rotatable bonds is 5. The molecule has 106 valence electrons. The number of β-lactam (4-membered cyclic amide) rings is 1. The summed E-state index contributed by atoms with van der Waals surface area (Å²) in [5.74, 6) is -0.845. The molecule has 1 aromatic rings. The zero-order chi connectivity index (χ0) is 14.5. The van der Waals surface area contributed by atoms with Crippen LogP contribution in [-0.4, -0.2) is 36.7 Å². The van der Waals surface area contributed by atoms with Gasteiger partial charge in [0, 0.05) is 6.92 Å². The number of carbonyl (C=O) groups excluding carboxylic acids is 3. The molecule has 0 radical (unpaired) electrons. The van der Waals surface area contributed by atoms with Gasteiger partial charge < -0.3 is 20.1 Å². The molecule has 0 saturated carbocycles. The number of hydrogen-bond acceptors (Lipinski definition) is 5. The summed E-state index contributed by atoms with van der Waals surface area (Å²) in [6.07, 6.45) is -0.819. The maximum atomic E-state index is 11.6. The van der Waals surface area contributed by atoms with Gasteiger partial charge in [0.15, 0.2) is 12.6 Å². The Bertz CT molecular complexity index is 517. The van der Waals surface area contributed by atoms with Crippen molar-refractivity contribution in [2.45, 2.75) is 19.2 Å². The molecule has 0 aliphatic carbocycles. The fourth-order valence-corrected chi connectivity index (χ4v) is 1.65. The van der Waals surface area contributed by atoms with E-state index in [-0.39, 0.29) is 6.61 Å². The molecule has 1 aliphatic heterocycles. The number of benzene rings is 1. The minimum atomic E-state index is -0.870. The maximum absolute atomic E-state index is 11.6. The Morgan fingerprint density at radius 1 is 1.30 bits per heavy atom. The lowest BCUT2D eigenvalue weighted by atomic mass is 10.1. The second-order valence-electron chi connectivity index (χ2n) is 4.19. The van der Waals surface area contributed by atoms with Crippen molar-refractivity contribution in [3.63, 3.8) is 0 Å². The van der Waals surface area contributed by atoms with Crippen LogP contribution in [0, 0.1) is 0 Å². The van der Waals surface area contributed by atoms with Gasteiger partial charge in [0.25, 0.3) is 11.8 Å². The average molecular weight is 278 g/mol. The Kier molecular flexibility index (Phi) is 4.19. The average Bonchev–Trinajstić information content (AvgIpc) is 2.43. The third-order valence-electron chi connectivity index (χ3n) is 2.59. The van der Waals surface area contributed by atoms with Gasteiger partial charge in [0.2, 0.25) is 6.23 Å². The number of carbonyl (C=O) groups is 3. The monoisotopic (exact) mass is 278 g/mol. The molecule has 0 bridgehead atoms. The highest BCUT2D eigenvalue weighted by atomic mass is 16.6. The van der Waals surface area contributed by atoms with E-state index in [4.69, 9.17) is 9.47 Å². The molecule has 7 heteroatoms. The minimum absolute atomic E-state index is 0.222. The summed E-state index contributed by atoms with van der Waals surface area (Å²) in [5.41, 5.74) is 0. The zero-order valence-electron chi connectivity index (χ0n) is 10.8. The van der Waals surface area contributed by atoms with Crippen molar-refractivity contribution in [1.29, 1.82) is 0 Å². The lowest BCUT2D eigenvalue weighted by Crippen LogP contribution is -2.70. The van der Waals surface area contributed by atoms with Crippen LogP contribution in [0.2, 0.25) is 0 Å². The molecule has 1 aliphatic rings. The van der Waals surface area contributed by atoms with E-state index in [0.717, 1.165) is 0 Å². The van der Waals surface area contributed by atoms with E-state index in [2.05, 4.69) is 10.6 Å². The van der Waals surface area contributed by atoms with E-state index < -0.39 is 30.1 Å². The van der Waals surface area contributed by atoms with Crippen molar-refractivity contribution >= 4 is 17.8 Å². The first-order valence-electron chi connectivity index (χ1n) is 6.01. The van der Waals surface area contributed by atoms with Gasteiger partial charge in [0.05, 0.1) is 0 Å². The maximum Gasteiger partial charge on any atom is 0.304 e. The second-order valence-corrected chi connectivity index (χ2v) is 4.19. The predicted molar refractivity (Wildman–Crippen MR) is 67.6 cm³/mol. The van der Waals surface area contributed by atoms with Gasteiger partial charge in [-0.25, -0.2) is 0 Å². The lowest BCUT2D eigenvalue weighted by Gasteiger charge is -2.35. The van der Waals surface area contributed by atoms with Gasteiger partial charge in [-0.1, -0.05) is 18.2 Å². The topological polar surface area (TPSA) is 93.7 Å². The molecular formula is C13H14N2O5. The van der Waals surface area contributed by atoms with Gasteiger partial charge in [-0.3, -0.25) is 14.4 Å². The third kappa shape index (κ3) is 3.47. The first-order valence-corrected chi connectivity index (χ1v) is 6.01. The summed E-state index contributed by atoms with van der Waals surface area (Å²) in [6.45, 7) is 1.00. The van der Waals surface area contributed by atoms with Crippen LogP contribution in [0.4, 0.5) is 0 Å². The molecule has 2 amide bonds. The molecule has 0 unspecified atom stereocenters. The smallest absolute Gasteiger partial charge is 0.304 e. The molecule has 1 fully saturated rings. The number of nitrogens with one attached hydrogen (secondary N) is 2. The van der Waals surface area contributed by atoms with Crippen molar-refractivity contribution in [3.05, 3.63) is 30.3 Å². The molecular weight excluding hydrogens is 264 g/mol. The van der Waals surface area contributed by atoms with Gasteiger partial charge in [-0.15, -0.1) is 0 Å². The third-order valence-corrected chi connectivity index (χ3v) is 2.59. The molecule has 1 heterocycles. The van der Waals surface area contributed by atoms with Crippen LogP contribution in [0.15, 0.2) is 30.3 Å². The summed E-state index contributed by atoms with van der Waals surface area (Å²) in [6, 6.07) is 7.95. The summed E-state index contributed by atoms with van der Waals surface area (Å²) in [7, 11) is 0. The van der Waals surface area contributed by atoms with Crippen molar-refractivity contribution in [2.75, 3.05) is 6.61 Å². The Hall–Kier alpha value is -2.57. The van der Waals surface area contributed by atoms with Crippen LogP contribution in [0.3, 0.4) is 0 Å². The molecule has 2 atom stereocenters. The number of amides is 2. The predicted octanol–water partition coefficient (Wildman–Crippen LogP) is -0.431. The largest absolute Gasteiger partial charge is 0.484 e. The molecule has 1 saturated heterocycles. The van der Waals surface area contributed by atoms with E-state index >= 15 is 0 Å². The van der Waals surface area contributed by atoms with Gasteiger partial charge in [-0.2, -0.15) is 0 Å². The highest BCUT2D eigenvalue weighted by molar-refractivity contribution is 5.93. The quantitative estimate of drug-likeness (QED) is 0.563. The van der Waals surface area contributed by atoms with Crippen molar-refractivity contribution < 1.29 is 23.9 Å². The summed E-state index contributed by atoms with van der Waals surface area (Å²) >= 11 is 0. The number of esters is 1. The number of hydrogen-bond donors (Lipinski definition) is 2. The van der Waals surface area contributed by atoms with E-state index in [1.807, 2.05) is 6.07 Å². The van der Waals surface area contributed by atoms with E-state index in [1.165, 1.54) is 6.92 Å². The van der Waals surface area contributed by atoms with Gasteiger partial charge in [0.1, 0.15) is 5.75 Å². The molecule has 2 rings (SSSR count). The molecule has 0 spiro atoms. The van der Waals surface area contributed by atoms with Gasteiger partial charge >= 0.3 is 5.97 Å². The van der Waals surface area contributed by atoms with Crippen LogP contribution in [0.5, 0.6) is 5.75 Å². The lowest BCUT2D eigenvalue weighted by molar-refractivity contribution is -0.164. The molecule has 2 N–H and O–H groups in total. The summed E-state index contributed by atoms with van der Waals surface area (Å²) in [4.78, 5) is 33.7. The van der Waals surface area contributed by atoms with Crippen molar-refractivity contribution in [3.8, 4) is 5.75 Å². The Morgan fingerprint density at radius 3 is 2.60 bits per heavy atom. The van der Waals surface area contributed by atoms with Crippen molar-refractivity contribution in [2.24, 2.45) is 0 Å².